The van der Waals surface area contributed by atoms with Gasteiger partial charge in [-0.05, 0) is 37.3 Å². The summed E-state index contributed by atoms with van der Waals surface area (Å²) in [5.41, 5.74) is 1.50. The zero-order chi connectivity index (χ0) is 16.6. The molecule has 1 aliphatic heterocycles. The maximum absolute atomic E-state index is 12.2. The first-order valence-electron chi connectivity index (χ1n) is 7.46. The van der Waals surface area contributed by atoms with Gasteiger partial charge in [0.1, 0.15) is 11.4 Å². The molecule has 122 valence electrons. The molecule has 1 aromatic heterocycles. The van der Waals surface area contributed by atoms with Crippen molar-refractivity contribution < 1.29 is 9.53 Å². The van der Waals surface area contributed by atoms with Crippen LogP contribution in [0.15, 0.2) is 18.2 Å². The smallest absolute Gasteiger partial charge is 0.319 e. The van der Waals surface area contributed by atoms with Crippen LogP contribution < -0.4 is 15.4 Å². The highest BCUT2D eigenvalue weighted by molar-refractivity contribution is 5.91. The number of urea groups is 1. The number of hydrogen-bond acceptors (Lipinski definition) is 5. The Bertz CT molecular complexity index is 739. The molecule has 8 nitrogen and oxygen atoms in total. The monoisotopic (exact) mass is 316 g/mol. The maximum Gasteiger partial charge on any atom is 0.319 e. The quantitative estimate of drug-likeness (QED) is 0.900. The number of hydrogen-bond donors (Lipinski definition) is 2. The number of aromatic nitrogens is 4. The lowest BCUT2D eigenvalue weighted by Gasteiger charge is -2.19. The third-order valence-electron chi connectivity index (χ3n) is 3.73. The molecular formula is C15H20N6O2. The van der Waals surface area contributed by atoms with Crippen molar-refractivity contribution in [1.82, 2.24) is 25.5 Å². The Morgan fingerprint density at radius 2 is 2.22 bits per heavy atom. The second-order valence-electron chi connectivity index (χ2n) is 6.31. The molecule has 0 spiro atoms. The molecule has 2 N–H and O–H groups in total. The van der Waals surface area contributed by atoms with E-state index in [0.29, 0.717) is 11.5 Å². The minimum absolute atomic E-state index is 0.256. The van der Waals surface area contributed by atoms with E-state index >= 15 is 0 Å². The lowest BCUT2D eigenvalue weighted by atomic mass is 10.0. The third kappa shape index (κ3) is 3.10. The first-order chi connectivity index (χ1) is 10.9. The summed E-state index contributed by atoms with van der Waals surface area (Å²) in [5, 5.41) is 16.9. The molecule has 0 saturated carbocycles. The van der Waals surface area contributed by atoms with Gasteiger partial charge in [0.05, 0.1) is 11.7 Å². The van der Waals surface area contributed by atoms with Crippen molar-refractivity contribution in [2.45, 2.75) is 38.8 Å². The number of aryl methyl sites for hydroxylation is 1. The number of tetrazole rings is 1. The van der Waals surface area contributed by atoms with Gasteiger partial charge >= 0.3 is 6.03 Å². The van der Waals surface area contributed by atoms with E-state index in [-0.39, 0.29) is 17.7 Å². The summed E-state index contributed by atoms with van der Waals surface area (Å²) in [4.78, 5) is 12.2. The van der Waals surface area contributed by atoms with E-state index in [2.05, 4.69) is 26.2 Å². The van der Waals surface area contributed by atoms with Crippen LogP contribution in [0, 0.1) is 0 Å². The molecule has 1 aromatic carbocycles. The van der Waals surface area contributed by atoms with E-state index in [1.807, 2.05) is 39.0 Å². The molecule has 1 atom stereocenters. The van der Waals surface area contributed by atoms with Gasteiger partial charge in [0, 0.05) is 19.0 Å². The van der Waals surface area contributed by atoms with Crippen LogP contribution in [-0.4, -0.2) is 31.8 Å². The summed E-state index contributed by atoms with van der Waals surface area (Å²) in [6, 6.07) is 5.11. The fourth-order valence-electron chi connectivity index (χ4n) is 2.74. The standard InChI is InChI=1S/C15H20N6O2/c1-9(13-18-19-20-21(13)4)16-14(22)17-11-7-5-6-10-8-15(2,3)23-12(10)11/h5-7,9H,8H2,1-4H3,(H2,16,17,22). The van der Waals surface area contributed by atoms with Crippen molar-refractivity contribution >= 4 is 11.7 Å². The van der Waals surface area contributed by atoms with Gasteiger partial charge in [0.25, 0.3) is 0 Å². The van der Waals surface area contributed by atoms with E-state index in [4.69, 9.17) is 4.74 Å². The number of carbonyl (C=O) groups excluding carboxylic acids is 1. The van der Waals surface area contributed by atoms with Crippen LogP contribution in [0.5, 0.6) is 5.75 Å². The van der Waals surface area contributed by atoms with Crippen LogP contribution >= 0.6 is 0 Å². The molecule has 0 fully saturated rings. The van der Waals surface area contributed by atoms with E-state index < -0.39 is 0 Å². The number of para-hydroxylation sites is 1. The highest BCUT2D eigenvalue weighted by atomic mass is 16.5. The second kappa shape index (κ2) is 5.53. The third-order valence-corrected chi connectivity index (χ3v) is 3.73. The lowest BCUT2D eigenvalue weighted by Crippen LogP contribution is -2.32. The predicted molar refractivity (Wildman–Crippen MR) is 84.2 cm³/mol. The summed E-state index contributed by atoms with van der Waals surface area (Å²) in [6.07, 6.45) is 0.820. The number of nitrogens with zero attached hydrogens (tertiary/aromatic N) is 4. The van der Waals surface area contributed by atoms with E-state index in [9.17, 15) is 4.79 Å². The van der Waals surface area contributed by atoms with Crippen molar-refractivity contribution in [2.75, 3.05) is 5.32 Å². The molecule has 2 heterocycles. The minimum atomic E-state index is -0.331. The van der Waals surface area contributed by atoms with Crippen molar-refractivity contribution in [3.63, 3.8) is 0 Å². The molecule has 0 radical (unpaired) electrons. The molecular weight excluding hydrogens is 296 g/mol. The second-order valence-corrected chi connectivity index (χ2v) is 6.31. The first kappa shape index (κ1) is 15.3. The van der Waals surface area contributed by atoms with Crippen LogP contribution in [0.4, 0.5) is 10.5 Å². The fraction of sp³-hybridized carbons (Fsp3) is 0.467. The van der Waals surface area contributed by atoms with Gasteiger partial charge in [-0.2, -0.15) is 0 Å². The summed E-state index contributed by atoms with van der Waals surface area (Å²) < 4.78 is 7.47. The number of carbonyl (C=O) groups is 1. The normalized spacial score (nSPS) is 16.3. The first-order valence-corrected chi connectivity index (χ1v) is 7.46. The topological polar surface area (TPSA) is 94.0 Å². The SMILES string of the molecule is CC(NC(=O)Nc1cccc2c1OC(C)(C)C2)c1nnnn1C. The molecule has 0 bridgehead atoms. The number of benzene rings is 1. The molecule has 3 rings (SSSR count). The van der Waals surface area contributed by atoms with Gasteiger partial charge in [0.15, 0.2) is 5.82 Å². The fourth-order valence-corrected chi connectivity index (χ4v) is 2.74. The number of ether oxygens (including phenoxy) is 1. The Hall–Kier alpha value is -2.64. The zero-order valence-corrected chi connectivity index (χ0v) is 13.6. The number of amides is 2. The Kier molecular flexibility index (Phi) is 3.67. The van der Waals surface area contributed by atoms with E-state index in [0.717, 1.165) is 17.7 Å². The number of rotatable bonds is 3. The molecule has 0 aliphatic carbocycles. The highest BCUT2D eigenvalue weighted by Gasteiger charge is 2.32. The largest absolute Gasteiger partial charge is 0.485 e. The Morgan fingerprint density at radius 1 is 1.43 bits per heavy atom. The molecule has 23 heavy (non-hydrogen) atoms. The lowest BCUT2D eigenvalue weighted by molar-refractivity contribution is 0.139. The maximum atomic E-state index is 12.2. The number of nitrogens with one attached hydrogen (secondary N) is 2. The van der Waals surface area contributed by atoms with Gasteiger partial charge in [-0.1, -0.05) is 12.1 Å². The van der Waals surface area contributed by atoms with Crippen LogP contribution in [0.25, 0.3) is 0 Å². The Labute approximate surface area is 134 Å². The van der Waals surface area contributed by atoms with Crippen molar-refractivity contribution in [3.05, 3.63) is 29.6 Å². The van der Waals surface area contributed by atoms with Crippen molar-refractivity contribution in [2.24, 2.45) is 7.05 Å². The van der Waals surface area contributed by atoms with Gasteiger partial charge in [-0.15, -0.1) is 5.10 Å². The summed E-state index contributed by atoms with van der Waals surface area (Å²) >= 11 is 0. The minimum Gasteiger partial charge on any atom is -0.485 e. The zero-order valence-electron chi connectivity index (χ0n) is 13.6. The Balaban J connectivity index is 1.70. The molecule has 0 saturated heterocycles. The molecule has 2 aromatic rings. The van der Waals surface area contributed by atoms with E-state index in [1.165, 1.54) is 4.68 Å². The average molecular weight is 316 g/mol. The highest BCUT2D eigenvalue weighted by Crippen LogP contribution is 2.40. The van der Waals surface area contributed by atoms with Crippen LogP contribution in [0.2, 0.25) is 0 Å². The van der Waals surface area contributed by atoms with Gasteiger partial charge < -0.3 is 15.4 Å². The van der Waals surface area contributed by atoms with Crippen LogP contribution in [-0.2, 0) is 13.5 Å². The molecule has 2 amide bonds. The molecule has 1 unspecified atom stereocenters. The predicted octanol–water partition coefficient (Wildman–Crippen LogP) is 1.81. The van der Waals surface area contributed by atoms with Gasteiger partial charge in [-0.25, -0.2) is 9.48 Å². The van der Waals surface area contributed by atoms with Gasteiger partial charge in [0.2, 0.25) is 0 Å². The van der Waals surface area contributed by atoms with Gasteiger partial charge in [-0.3, -0.25) is 0 Å². The summed E-state index contributed by atoms with van der Waals surface area (Å²) in [6.45, 7) is 5.88. The van der Waals surface area contributed by atoms with E-state index in [1.54, 1.807) is 7.05 Å². The molecule has 1 aliphatic rings. The summed E-state index contributed by atoms with van der Waals surface area (Å²) in [7, 11) is 1.73. The summed E-state index contributed by atoms with van der Waals surface area (Å²) in [5.74, 6) is 1.32. The number of fused-ring (bicyclic) bond motifs is 1. The molecule has 8 heteroatoms. The Morgan fingerprint density at radius 3 is 2.91 bits per heavy atom. The average Bonchev–Trinajstić information content (AvgIpc) is 3.01. The van der Waals surface area contributed by atoms with Crippen LogP contribution in [0.1, 0.15) is 38.2 Å². The van der Waals surface area contributed by atoms with Crippen LogP contribution in [0.3, 0.4) is 0 Å². The van der Waals surface area contributed by atoms with Crippen molar-refractivity contribution in [3.8, 4) is 5.75 Å². The number of anilines is 1. The van der Waals surface area contributed by atoms with Crippen molar-refractivity contribution in [1.29, 1.82) is 0 Å².